The summed E-state index contributed by atoms with van der Waals surface area (Å²) in [7, 11) is 0. The second kappa shape index (κ2) is 13.5. The van der Waals surface area contributed by atoms with Gasteiger partial charge in [0.15, 0.2) is 0 Å². The Labute approximate surface area is 363 Å². The van der Waals surface area contributed by atoms with Crippen molar-refractivity contribution in [3.05, 3.63) is 222 Å². The van der Waals surface area contributed by atoms with E-state index in [0.717, 1.165) is 50.1 Å². The molecule has 9 aromatic carbocycles. The van der Waals surface area contributed by atoms with Gasteiger partial charge in [-0.25, -0.2) is 0 Å². The Kier molecular flexibility index (Phi) is 7.96. The van der Waals surface area contributed by atoms with Crippen LogP contribution in [0.25, 0.3) is 77.6 Å². The number of hydrogen-bond acceptors (Lipinski definition) is 2. The Morgan fingerprint density at radius 2 is 0.726 bits per heavy atom. The molecule has 2 aliphatic rings. The molecule has 0 N–H and O–H groups in total. The third kappa shape index (κ3) is 5.49. The maximum Gasteiger partial charge on any atom is 0.143 e. The van der Waals surface area contributed by atoms with Crippen molar-refractivity contribution in [1.82, 2.24) is 0 Å². The summed E-state index contributed by atoms with van der Waals surface area (Å²) < 4.78 is 6.44. The van der Waals surface area contributed by atoms with Crippen LogP contribution in [0.2, 0.25) is 0 Å². The number of rotatable bonds is 6. The van der Waals surface area contributed by atoms with Crippen molar-refractivity contribution in [3.8, 4) is 55.6 Å². The number of benzene rings is 9. The van der Waals surface area contributed by atoms with Gasteiger partial charge in [0.25, 0.3) is 0 Å². The minimum atomic E-state index is -0.0477. The number of fused-ring (bicyclic) bond motifs is 9. The molecule has 1 aromatic heterocycles. The van der Waals surface area contributed by atoms with Crippen LogP contribution in [-0.4, -0.2) is 0 Å². The summed E-state index contributed by atoms with van der Waals surface area (Å²) in [4.78, 5) is 2.37. The minimum absolute atomic E-state index is 0.0477. The summed E-state index contributed by atoms with van der Waals surface area (Å²) in [5, 5.41) is 2.28. The van der Waals surface area contributed by atoms with Crippen LogP contribution in [0.15, 0.2) is 205 Å². The molecule has 0 fully saturated rings. The Morgan fingerprint density at radius 1 is 0.323 bits per heavy atom. The predicted octanol–water partition coefficient (Wildman–Crippen LogP) is 16.7. The van der Waals surface area contributed by atoms with E-state index in [2.05, 4.69) is 221 Å². The first-order chi connectivity index (χ1) is 30.2. The third-order valence-corrected chi connectivity index (χ3v) is 13.9. The molecule has 2 heteroatoms. The van der Waals surface area contributed by atoms with Gasteiger partial charge in [-0.05, 0) is 127 Å². The van der Waals surface area contributed by atoms with Gasteiger partial charge in [0, 0.05) is 44.2 Å². The number of para-hydroxylation sites is 2. The molecule has 0 unspecified atom stereocenters. The van der Waals surface area contributed by atoms with Crippen molar-refractivity contribution >= 4 is 39.0 Å². The third-order valence-electron chi connectivity index (χ3n) is 13.9. The summed E-state index contributed by atoms with van der Waals surface area (Å²) in [6.07, 6.45) is 0. The van der Waals surface area contributed by atoms with Crippen LogP contribution in [0.5, 0.6) is 0 Å². The van der Waals surface area contributed by atoms with Crippen LogP contribution in [0.4, 0.5) is 17.1 Å². The highest BCUT2D eigenvalue weighted by molar-refractivity contribution is 6.09. The van der Waals surface area contributed by atoms with Gasteiger partial charge in [-0.2, -0.15) is 0 Å². The largest absolute Gasteiger partial charge is 0.455 e. The van der Waals surface area contributed by atoms with Crippen molar-refractivity contribution in [1.29, 1.82) is 0 Å². The number of nitrogens with zero attached hydrogens (tertiary/aromatic N) is 1. The Hall–Kier alpha value is -7.42. The van der Waals surface area contributed by atoms with E-state index in [1.165, 1.54) is 66.8 Å². The van der Waals surface area contributed by atoms with Crippen molar-refractivity contribution < 1.29 is 4.42 Å². The fourth-order valence-corrected chi connectivity index (χ4v) is 10.6. The topological polar surface area (TPSA) is 16.4 Å². The van der Waals surface area contributed by atoms with Crippen LogP contribution >= 0.6 is 0 Å². The molecule has 2 nitrogen and oxygen atoms in total. The van der Waals surface area contributed by atoms with E-state index in [1.54, 1.807) is 0 Å². The lowest BCUT2D eigenvalue weighted by atomic mass is 9.81. The van der Waals surface area contributed by atoms with Gasteiger partial charge in [0.05, 0.1) is 0 Å². The number of anilines is 3. The molecular weight excluding hydrogens is 751 g/mol. The Bertz CT molecular complexity index is 3230. The van der Waals surface area contributed by atoms with Crippen LogP contribution in [0, 0.1) is 0 Å². The van der Waals surface area contributed by atoms with Gasteiger partial charge in [-0.1, -0.05) is 173 Å². The zero-order chi connectivity index (χ0) is 41.7. The lowest BCUT2D eigenvalue weighted by Crippen LogP contribution is -2.14. The van der Waals surface area contributed by atoms with E-state index < -0.39 is 0 Å². The van der Waals surface area contributed by atoms with Crippen molar-refractivity contribution in [2.24, 2.45) is 0 Å². The summed E-state index contributed by atoms with van der Waals surface area (Å²) in [5.41, 5.74) is 23.0. The molecule has 0 saturated carbocycles. The lowest BCUT2D eigenvalue weighted by Gasteiger charge is -2.26. The molecule has 0 bridgehead atoms. The highest BCUT2D eigenvalue weighted by Gasteiger charge is 2.36. The van der Waals surface area contributed by atoms with Gasteiger partial charge in [0.1, 0.15) is 11.2 Å². The van der Waals surface area contributed by atoms with E-state index in [4.69, 9.17) is 4.42 Å². The molecule has 0 spiro atoms. The predicted molar refractivity (Wildman–Crippen MR) is 260 cm³/mol. The summed E-state index contributed by atoms with van der Waals surface area (Å²) in [6.45, 7) is 9.39. The molecule has 2 aliphatic carbocycles. The lowest BCUT2D eigenvalue weighted by molar-refractivity contribution is 0.660. The molecule has 0 saturated heterocycles. The molecule has 0 atom stereocenters. The zero-order valence-corrected chi connectivity index (χ0v) is 35.4. The van der Waals surface area contributed by atoms with Crippen molar-refractivity contribution in [2.45, 2.75) is 38.5 Å². The van der Waals surface area contributed by atoms with Crippen LogP contribution in [0.1, 0.15) is 49.9 Å². The number of furan rings is 1. The highest BCUT2D eigenvalue weighted by atomic mass is 16.3. The van der Waals surface area contributed by atoms with E-state index >= 15 is 0 Å². The molecule has 1 heterocycles. The molecule has 0 radical (unpaired) electrons. The first-order valence-electron chi connectivity index (χ1n) is 21.7. The summed E-state index contributed by atoms with van der Waals surface area (Å²) in [6, 6.07) is 73.5. The fourth-order valence-electron chi connectivity index (χ4n) is 10.6. The van der Waals surface area contributed by atoms with Gasteiger partial charge in [-0.3, -0.25) is 0 Å². The quantitative estimate of drug-likeness (QED) is 0.167. The Balaban J connectivity index is 0.918. The molecule has 12 rings (SSSR count). The standard InChI is InChI=1S/C60H45NO/c1-59(2)53-17-8-5-12-47(53)49-34-26-41(36-55(49)59)38-20-28-43(29-21-38)61(45-32-24-40(25-33-45)46-15-11-16-52-51-14-7-10-19-57(51)62-58(46)52)44-30-22-39(23-31-44)42-27-35-50-48-13-6-9-18-54(48)60(3,4)56(50)37-42/h5-37H,1-4H3. The smallest absolute Gasteiger partial charge is 0.143 e. The van der Waals surface area contributed by atoms with Crippen molar-refractivity contribution in [3.63, 3.8) is 0 Å². The first-order valence-corrected chi connectivity index (χ1v) is 21.7. The van der Waals surface area contributed by atoms with Crippen LogP contribution in [0.3, 0.4) is 0 Å². The van der Waals surface area contributed by atoms with Gasteiger partial charge in [0.2, 0.25) is 0 Å². The van der Waals surface area contributed by atoms with Gasteiger partial charge < -0.3 is 9.32 Å². The zero-order valence-electron chi connectivity index (χ0n) is 35.4. The highest BCUT2D eigenvalue weighted by Crippen LogP contribution is 2.51. The monoisotopic (exact) mass is 795 g/mol. The van der Waals surface area contributed by atoms with E-state index in [9.17, 15) is 0 Å². The maximum atomic E-state index is 6.44. The normalized spacial score (nSPS) is 14.1. The minimum Gasteiger partial charge on any atom is -0.455 e. The number of hydrogen-bond donors (Lipinski definition) is 0. The molecule has 0 amide bonds. The van der Waals surface area contributed by atoms with E-state index in [0.29, 0.717) is 0 Å². The molecule has 10 aromatic rings. The SMILES string of the molecule is CC1(C)c2ccccc2-c2ccc(-c3ccc(N(c4ccc(-c5ccc6c(c5)C(C)(C)c5ccccc5-6)cc4)c4ccc(-c5cccc6c5oc5ccccc56)cc4)cc3)cc21. The summed E-state index contributed by atoms with van der Waals surface area (Å²) >= 11 is 0. The molecule has 62 heavy (non-hydrogen) atoms. The second-order valence-corrected chi connectivity index (χ2v) is 18.1. The first kappa shape index (κ1) is 36.4. The van der Waals surface area contributed by atoms with E-state index in [1.807, 2.05) is 12.1 Å². The Morgan fingerprint density at radius 3 is 1.26 bits per heavy atom. The summed E-state index contributed by atoms with van der Waals surface area (Å²) in [5.74, 6) is 0. The molecule has 0 aliphatic heterocycles. The molecular formula is C60H45NO. The van der Waals surface area contributed by atoms with Crippen LogP contribution < -0.4 is 4.90 Å². The van der Waals surface area contributed by atoms with Gasteiger partial charge in [-0.15, -0.1) is 0 Å². The molecule has 296 valence electrons. The van der Waals surface area contributed by atoms with Crippen molar-refractivity contribution in [2.75, 3.05) is 4.90 Å². The average molecular weight is 796 g/mol. The second-order valence-electron chi connectivity index (χ2n) is 18.1. The fraction of sp³-hybridized carbons (Fsp3) is 0.100. The van der Waals surface area contributed by atoms with Gasteiger partial charge >= 0.3 is 0 Å². The average Bonchev–Trinajstić information content (AvgIpc) is 3.89. The maximum absolute atomic E-state index is 6.44. The van der Waals surface area contributed by atoms with E-state index in [-0.39, 0.29) is 10.8 Å². The van der Waals surface area contributed by atoms with Crippen LogP contribution in [-0.2, 0) is 10.8 Å².